The average Bonchev–Trinajstić information content (AvgIpc) is 2.69. The summed E-state index contributed by atoms with van der Waals surface area (Å²) in [5.41, 5.74) is 2.98. The fourth-order valence-electron chi connectivity index (χ4n) is 5.77. The Hall–Kier alpha value is -0.890. The zero-order chi connectivity index (χ0) is 14.8. The molecule has 4 aliphatic rings. The number of carbonyl (C=O) groups is 1. The van der Waals surface area contributed by atoms with Crippen LogP contribution in [-0.4, -0.2) is 17.0 Å². The Morgan fingerprint density at radius 2 is 2.05 bits per heavy atom. The van der Waals surface area contributed by atoms with E-state index in [0.29, 0.717) is 29.5 Å². The van der Waals surface area contributed by atoms with Crippen molar-refractivity contribution in [2.45, 2.75) is 58.5 Å². The molecule has 4 aliphatic carbocycles. The van der Waals surface area contributed by atoms with Gasteiger partial charge in [-0.1, -0.05) is 25.5 Å². The molecule has 0 aromatic carbocycles. The molecule has 2 fully saturated rings. The zero-order valence-corrected chi connectivity index (χ0v) is 13.1. The number of aliphatic hydroxyl groups is 1. The quantitative estimate of drug-likeness (QED) is 0.738. The van der Waals surface area contributed by atoms with Gasteiger partial charge in [0.25, 0.3) is 0 Å². The van der Waals surface area contributed by atoms with E-state index in [4.69, 9.17) is 0 Å². The molecule has 2 heteroatoms. The van der Waals surface area contributed by atoms with E-state index in [9.17, 15) is 9.90 Å². The van der Waals surface area contributed by atoms with Crippen molar-refractivity contribution in [2.24, 2.45) is 29.1 Å². The summed E-state index contributed by atoms with van der Waals surface area (Å²) < 4.78 is 0. The van der Waals surface area contributed by atoms with Gasteiger partial charge in [-0.15, -0.1) is 0 Å². The number of allylic oxidation sites excluding steroid dienone is 4. The topological polar surface area (TPSA) is 37.3 Å². The molecule has 0 radical (unpaired) electrons. The zero-order valence-electron chi connectivity index (χ0n) is 13.1. The van der Waals surface area contributed by atoms with Crippen LogP contribution >= 0.6 is 0 Å². The highest BCUT2D eigenvalue weighted by Gasteiger charge is 2.55. The maximum absolute atomic E-state index is 11.7. The van der Waals surface area contributed by atoms with Crippen molar-refractivity contribution in [3.8, 4) is 0 Å². The first kappa shape index (κ1) is 13.8. The van der Waals surface area contributed by atoms with Gasteiger partial charge >= 0.3 is 0 Å². The molecular weight excluding hydrogens is 260 g/mol. The summed E-state index contributed by atoms with van der Waals surface area (Å²) in [6, 6.07) is 0. The average molecular weight is 286 g/mol. The van der Waals surface area contributed by atoms with Gasteiger partial charge in [0, 0.05) is 6.42 Å². The van der Waals surface area contributed by atoms with E-state index < -0.39 is 0 Å². The lowest BCUT2D eigenvalue weighted by atomic mass is 9.57. The highest BCUT2D eigenvalue weighted by atomic mass is 16.3. The number of rotatable bonds is 0. The van der Waals surface area contributed by atoms with E-state index in [1.807, 2.05) is 6.08 Å². The molecule has 114 valence electrons. The second kappa shape index (κ2) is 4.55. The minimum absolute atomic E-state index is 0.118. The highest BCUT2D eigenvalue weighted by molar-refractivity contribution is 5.92. The fraction of sp³-hybridized carbons (Fsp3) is 0.737. The van der Waals surface area contributed by atoms with Gasteiger partial charge in [-0.05, 0) is 72.8 Å². The first-order valence-electron chi connectivity index (χ1n) is 8.62. The summed E-state index contributed by atoms with van der Waals surface area (Å²) in [5.74, 6) is 2.62. The van der Waals surface area contributed by atoms with Crippen LogP contribution in [0.1, 0.15) is 52.4 Å². The van der Waals surface area contributed by atoms with Crippen molar-refractivity contribution in [3.05, 3.63) is 23.3 Å². The van der Waals surface area contributed by atoms with E-state index in [1.165, 1.54) is 18.4 Å². The lowest BCUT2D eigenvalue weighted by molar-refractivity contribution is -0.115. The summed E-state index contributed by atoms with van der Waals surface area (Å²) in [5, 5.41) is 10.6. The first-order chi connectivity index (χ1) is 9.99. The molecule has 1 N–H and O–H groups in total. The van der Waals surface area contributed by atoms with Gasteiger partial charge in [0.1, 0.15) is 0 Å². The molecule has 2 nitrogen and oxygen atoms in total. The largest absolute Gasteiger partial charge is 0.392 e. The summed E-state index contributed by atoms with van der Waals surface area (Å²) in [7, 11) is 0. The van der Waals surface area contributed by atoms with Gasteiger partial charge in [0.05, 0.1) is 6.10 Å². The Morgan fingerprint density at radius 1 is 1.24 bits per heavy atom. The number of hydrogen-bond donors (Lipinski definition) is 1. The molecule has 0 bridgehead atoms. The van der Waals surface area contributed by atoms with Crippen LogP contribution in [0, 0.1) is 29.1 Å². The number of hydrogen-bond acceptors (Lipinski definition) is 2. The Kier molecular flexibility index (Phi) is 2.98. The molecule has 0 amide bonds. The van der Waals surface area contributed by atoms with Gasteiger partial charge in [0.15, 0.2) is 5.78 Å². The summed E-state index contributed by atoms with van der Waals surface area (Å²) >= 11 is 0. The van der Waals surface area contributed by atoms with Gasteiger partial charge in [-0.3, -0.25) is 4.79 Å². The predicted octanol–water partition coefficient (Wildman–Crippen LogP) is 3.66. The fourth-order valence-corrected chi connectivity index (χ4v) is 5.77. The standard InChI is InChI=1S/C19H26O2/c1-11-7-17-16-10-12-3-4-15(20)9-14(12)8-13(16)5-6-19(17,2)18(11)21/h8-9,11-12,16-18,21H,3-7,10H2,1-2H3. The molecule has 4 rings (SSSR count). The number of ketones is 1. The Bertz CT molecular complexity index is 544. The molecule has 0 aromatic heterocycles. The van der Waals surface area contributed by atoms with Crippen LogP contribution in [0.5, 0.6) is 0 Å². The molecule has 0 heterocycles. The van der Waals surface area contributed by atoms with Crippen molar-refractivity contribution in [2.75, 3.05) is 0 Å². The number of fused-ring (bicyclic) bond motifs is 4. The van der Waals surface area contributed by atoms with Crippen LogP contribution in [0.3, 0.4) is 0 Å². The van der Waals surface area contributed by atoms with Crippen LogP contribution in [0.25, 0.3) is 0 Å². The van der Waals surface area contributed by atoms with Crippen molar-refractivity contribution in [1.29, 1.82) is 0 Å². The van der Waals surface area contributed by atoms with E-state index in [1.54, 1.807) is 5.57 Å². The highest BCUT2D eigenvalue weighted by Crippen LogP contribution is 2.60. The van der Waals surface area contributed by atoms with Gasteiger partial charge in [0.2, 0.25) is 0 Å². The van der Waals surface area contributed by atoms with E-state index >= 15 is 0 Å². The second-order valence-electron chi connectivity index (χ2n) is 8.18. The van der Waals surface area contributed by atoms with E-state index in [-0.39, 0.29) is 11.5 Å². The minimum atomic E-state index is -0.131. The van der Waals surface area contributed by atoms with Crippen molar-refractivity contribution < 1.29 is 9.90 Å². The molecule has 0 aromatic rings. The molecule has 6 unspecified atom stereocenters. The summed E-state index contributed by atoms with van der Waals surface area (Å²) in [6.07, 6.45) is 10.5. The molecule has 0 saturated heterocycles. The van der Waals surface area contributed by atoms with Crippen LogP contribution < -0.4 is 0 Å². The normalized spacial score (nSPS) is 48.9. The second-order valence-corrected chi connectivity index (χ2v) is 8.18. The van der Waals surface area contributed by atoms with Crippen LogP contribution in [0.15, 0.2) is 23.3 Å². The Labute approximate surface area is 127 Å². The molecule has 0 aliphatic heterocycles. The SMILES string of the molecule is CC1CC2C3CC4CCC(=O)C=C4C=C3CCC2(C)C1O. The molecule has 21 heavy (non-hydrogen) atoms. The van der Waals surface area contributed by atoms with Crippen molar-refractivity contribution in [3.63, 3.8) is 0 Å². The predicted molar refractivity (Wildman–Crippen MR) is 82.6 cm³/mol. The molecule has 6 atom stereocenters. The van der Waals surface area contributed by atoms with Crippen molar-refractivity contribution in [1.82, 2.24) is 0 Å². The third-order valence-corrected chi connectivity index (χ3v) is 7.03. The molecule has 2 saturated carbocycles. The summed E-state index contributed by atoms with van der Waals surface area (Å²) in [6.45, 7) is 4.53. The van der Waals surface area contributed by atoms with Crippen LogP contribution in [-0.2, 0) is 4.79 Å². The maximum Gasteiger partial charge on any atom is 0.155 e. The summed E-state index contributed by atoms with van der Waals surface area (Å²) in [4.78, 5) is 11.7. The first-order valence-corrected chi connectivity index (χ1v) is 8.62. The van der Waals surface area contributed by atoms with Gasteiger partial charge < -0.3 is 5.11 Å². The van der Waals surface area contributed by atoms with Gasteiger partial charge in [-0.2, -0.15) is 0 Å². The van der Waals surface area contributed by atoms with E-state index in [0.717, 1.165) is 25.7 Å². The third-order valence-electron chi connectivity index (χ3n) is 7.03. The maximum atomic E-state index is 11.7. The monoisotopic (exact) mass is 286 g/mol. The minimum Gasteiger partial charge on any atom is -0.392 e. The Balaban J connectivity index is 1.70. The third kappa shape index (κ3) is 1.91. The smallest absolute Gasteiger partial charge is 0.155 e. The molecule has 0 spiro atoms. The number of aliphatic hydroxyl groups excluding tert-OH is 1. The Morgan fingerprint density at radius 3 is 2.86 bits per heavy atom. The lowest BCUT2D eigenvalue weighted by Crippen LogP contribution is -2.42. The van der Waals surface area contributed by atoms with Gasteiger partial charge in [-0.25, -0.2) is 0 Å². The van der Waals surface area contributed by atoms with Crippen LogP contribution in [0.2, 0.25) is 0 Å². The molecular formula is C19H26O2. The van der Waals surface area contributed by atoms with E-state index in [2.05, 4.69) is 19.9 Å². The lowest BCUT2D eigenvalue weighted by Gasteiger charge is -2.48. The van der Waals surface area contributed by atoms with Crippen LogP contribution in [0.4, 0.5) is 0 Å². The van der Waals surface area contributed by atoms with Crippen molar-refractivity contribution >= 4 is 5.78 Å². The number of carbonyl (C=O) groups excluding carboxylic acids is 1.